The number of anilines is 2. The Morgan fingerprint density at radius 2 is 2.15 bits per heavy atom. The van der Waals surface area contributed by atoms with Crippen molar-refractivity contribution in [2.24, 2.45) is 0 Å². The quantitative estimate of drug-likeness (QED) is 0.765. The van der Waals surface area contributed by atoms with Crippen LogP contribution in [0.25, 0.3) is 0 Å². The zero-order valence-electron chi connectivity index (χ0n) is 7.87. The van der Waals surface area contributed by atoms with Crippen LogP contribution in [0, 0.1) is 11.3 Å². The zero-order chi connectivity index (χ0) is 9.84. The summed E-state index contributed by atoms with van der Waals surface area (Å²) in [5.74, 6) is 0.864. The van der Waals surface area contributed by atoms with E-state index in [4.69, 9.17) is 15.4 Å². The topological polar surface area (TPSA) is 66.2 Å². The average molecular weight is 179 g/mol. The van der Waals surface area contributed by atoms with Gasteiger partial charge in [-0.3, -0.25) is 0 Å². The van der Waals surface area contributed by atoms with Crippen molar-refractivity contribution in [1.82, 2.24) is 0 Å². The molecule has 1 rings (SSSR count). The van der Waals surface area contributed by atoms with E-state index in [0.29, 0.717) is 17.3 Å². The SMILES string of the molecule is CCN(CC)c1oc(N)cc1C#N. The molecule has 0 radical (unpaired) electrons. The highest BCUT2D eigenvalue weighted by Gasteiger charge is 2.13. The molecule has 0 spiro atoms. The third-order valence-electron chi connectivity index (χ3n) is 1.90. The summed E-state index contributed by atoms with van der Waals surface area (Å²) in [6, 6.07) is 3.60. The number of furan rings is 1. The molecular formula is C9H13N3O. The molecule has 2 N–H and O–H groups in total. The summed E-state index contributed by atoms with van der Waals surface area (Å²) in [6.07, 6.45) is 0. The van der Waals surface area contributed by atoms with Gasteiger partial charge in [0.25, 0.3) is 0 Å². The molecule has 0 amide bonds. The van der Waals surface area contributed by atoms with Crippen molar-refractivity contribution >= 4 is 11.8 Å². The monoisotopic (exact) mass is 179 g/mol. The molecule has 1 aromatic rings. The van der Waals surface area contributed by atoms with Gasteiger partial charge in [0.1, 0.15) is 11.6 Å². The van der Waals surface area contributed by atoms with E-state index in [-0.39, 0.29) is 0 Å². The van der Waals surface area contributed by atoms with Crippen LogP contribution in [0.1, 0.15) is 19.4 Å². The van der Waals surface area contributed by atoms with E-state index >= 15 is 0 Å². The average Bonchev–Trinajstić information content (AvgIpc) is 2.49. The van der Waals surface area contributed by atoms with Crippen LogP contribution in [0.5, 0.6) is 0 Å². The molecule has 1 heterocycles. The highest BCUT2D eigenvalue weighted by Crippen LogP contribution is 2.25. The summed E-state index contributed by atoms with van der Waals surface area (Å²) >= 11 is 0. The first-order chi connectivity index (χ1) is 6.22. The molecule has 1 aromatic heterocycles. The zero-order valence-corrected chi connectivity index (χ0v) is 7.87. The fourth-order valence-corrected chi connectivity index (χ4v) is 1.23. The van der Waals surface area contributed by atoms with Crippen molar-refractivity contribution in [2.75, 3.05) is 23.7 Å². The Kier molecular flexibility index (Phi) is 2.80. The minimum Gasteiger partial charge on any atom is -0.424 e. The van der Waals surface area contributed by atoms with E-state index in [1.807, 2.05) is 18.7 Å². The standard InChI is InChI=1S/C9H13N3O/c1-3-12(4-2)9-7(6-10)5-8(11)13-9/h5H,3-4,11H2,1-2H3. The van der Waals surface area contributed by atoms with E-state index in [1.165, 1.54) is 0 Å². The first kappa shape index (κ1) is 9.46. The van der Waals surface area contributed by atoms with E-state index < -0.39 is 0 Å². The maximum Gasteiger partial charge on any atom is 0.216 e. The fourth-order valence-electron chi connectivity index (χ4n) is 1.23. The highest BCUT2D eigenvalue weighted by molar-refractivity contribution is 5.56. The number of nitrogens with two attached hydrogens (primary N) is 1. The van der Waals surface area contributed by atoms with Gasteiger partial charge in [0.2, 0.25) is 5.88 Å². The van der Waals surface area contributed by atoms with Gasteiger partial charge in [-0.1, -0.05) is 0 Å². The van der Waals surface area contributed by atoms with Crippen molar-refractivity contribution in [3.63, 3.8) is 0 Å². The number of nitriles is 1. The maximum atomic E-state index is 8.78. The maximum absolute atomic E-state index is 8.78. The lowest BCUT2D eigenvalue weighted by atomic mass is 10.3. The van der Waals surface area contributed by atoms with E-state index in [0.717, 1.165) is 13.1 Å². The largest absolute Gasteiger partial charge is 0.424 e. The second-order valence-corrected chi connectivity index (χ2v) is 2.65. The highest BCUT2D eigenvalue weighted by atomic mass is 16.4. The van der Waals surface area contributed by atoms with Crippen LogP contribution in [0.3, 0.4) is 0 Å². The Labute approximate surface area is 77.5 Å². The summed E-state index contributed by atoms with van der Waals surface area (Å²) in [5, 5.41) is 8.78. The molecule has 0 saturated heterocycles. The van der Waals surface area contributed by atoms with Gasteiger partial charge in [-0.25, -0.2) is 0 Å². The van der Waals surface area contributed by atoms with Crippen molar-refractivity contribution < 1.29 is 4.42 Å². The van der Waals surface area contributed by atoms with Gasteiger partial charge in [0.05, 0.1) is 0 Å². The Morgan fingerprint density at radius 1 is 1.54 bits per heavy atom. The summed E-state index contributed by atoms with van der Waals surface area (Å²) in [4.78, 5) is 1.95. The summed E-state index contributed by atoms with van der Waals surface area (Å²) in [5.41, 5.74) is 5.96. The third kappa shape index (κ3) is 1.75. The van der Waals surface area contributed by atoms with E-state index in [9.17, 15) is 0 Å². The third-order valence-corrected chi connectivity index (χ3v) is 1.90. The Hall–Kier alpha value is -1.63. The molecule has 0 atom stereocenters. The molecule has 0 aliphatic carbocycles. The number of nitrogens with zero attached hydrogens (tertiary/aromatic N) is 2. The Morgan fingerprint density at radius 3 is 2.62 bits per heavy atom. The van der Waals surface area contributed by atoms with E-state index in [2.05, 4.69) is 6.07 Å². The molecule has 0 fully saturated rings. The smallest absolute Gasteiger partial charge is 0.216 e. The molecule has 70 valence electrons. The minimum absolute atomic E-state index is 0.290. The Bertz CT molecular complexity index is 320. The first-order valence-corrected chi connectivity index (χ1v) is 4.27. The van der Waals surface area contributed by atoms with Crippen LogP contribution in [0.15, 0.2) is 10.5 Å². The predicted octanol–water partition coefficient (Wildman–Crippen LogP) is 1.58. The van der Waals surface area contributed by atoms with Crippen LogP contribution in [-0.2, 0) is 0 Å². The Balaban J connectivity index is 3.05. The van der Waals surface area contributed by atoms with E-state index in [1.54, 1.807) is 6.07 Å². The second kappa shape index (κ2) is 3.85. The molecule has 0 saturated carbocycles. The van der Waals surface area contributed by atoms with Crippen molar-refractivity contribution in [3.8, 4) is 6.07 Å². The van der Waals surface area contributed by atoms with Gasteiger partial charge >= 0.3 is 0 Å². The molecular weight excluding hydrogens is 166 g/mol. The number of nitrogen functional groups attached to an aromatic ring is 1. The number of hydrogen-bond donors (Lipinski definition) is 1. The first-order valence-electron chi connectivity index (χ1n) is 4.27. The van der Waals surface area contributed by atoms with Crippen LogP contribution >= 0.6 is 0 Å². The lowest BCUT2D eigenvalue weighted by Crippen LogP contribution is -2.21. The van der Waals surface area contributed by atoms with Gasteiger partial charge in [-0.15, -0.1) is 0 Å². The van der Waals surface area contributed by atoms with Gasteiger partial charge in [0.15, 0.2) is 5.88 Å². The number of hydrogen-bond acceptors (Lipinski definition) is 4. The number of rotatable bonds is 3. The lowest BCUT2D eigenvalue weighted by Gasteiger charge is -2.17. The van der Waals surface area contributed by atoms with Crippen molar-refractivity contribution in [2.45, 2.75) is 13.8 Å². The van der Waals surface area contributed by atoms with Gasteiger partial charge < -0.3 is 15.1 Å². The molecule has 4 heteroatoms. The van der Waals surface area contributed by atoms with Crippen molar-refractivity contribution in [3.05, 3.63) is 11.6 Å². The molecule has 13 heavy (non-hydrogen) atoms. The normalized spacial score (nSPS) is 9.62. The predicted molar refractivity (Wildman–Crippen MR) is 51.4 cm³/mol. The van der Waals surface area contributed by atoms with Crippen LogP contribution in [0.2, 0.25) is 0 Å². The van der Waals surface area contributed by atoms with Crippen LogP contribution in [0.4, 0.5) is 11.8 Å². The molecule has 0 aliphatic rings. The molecule has 4 nitrogen and oxygen atoms in total. The molecule has 0 aliphatic heterocycles. The molecule has 0 unspecified atom stereocenters. The second-order valence-electron chi connectivity index (χ2n) is 2.65. The van der Waals surface area contributed by atoms with Gasteiger partial charge in [-0.2, -0.15) is 5.26 Å². The van der Waals surface area contributed by atoms with Gasteiger partial charge in [0, 0.05) is 19.2 Å². The fraction of sp³-hybridized carbons (Fsp3) is 0.444. The van der Waals surface area contributed by atoms with Gasteiger partial charge in [-0.05, 0) is 13.8 Å². The summed E-state index contributed by atoms with van der Waals surface area (Å²) < 4.78 is 5.23. The van der Waals surface area contributed by atoms with Crippen LogP contribution < -0.4 is 10.6 Å². The summed E-state index contributed by atoms with van der Waals surface area (Å²) in [6.45, 7) is 5.61. The lowest BCUT2D eigenvalue weighted by molar-refractivity contribution is 0.566. The van der Waals surface area contributed by atoms with Crippen LogP contribution in [-0.4, -0.2) is 13.1 Å². The summed E-state index contributed by atoms with van der Waals surface area (Å²) in [7, 11) is 0. The van der Waals surface area contributed by atoms with Crippen molar-refractivity contribution in [1.29, 1.82) is 5.26 Å². The molecule has 0 bridgehead atoms. The minimum atomic E-state index is 0.290. The molecule has 0 aromatic carbocycles.